The maximum atomic E-state index is 11.0. The van der Waals surface area contributed by atoms with Gasteiger partial charge in [-0.1, -0.05) is 6.07 Å². The van der Waals surface area contributed by atoms with E-state index in [2.05, 4.69) is 20.0 Å². The molecule has 0 unspecified atom stereocenters. The topological polar surface area (TPSA) is 54.4 Å². The Morgan fingerprint density at radius 3 is 2.25 bits per heavy atom. The molecule has 3 nitrogen and oxygen atoms in total. The van der Waals surface area contributed by atoms with E-state index in [9.17, 15) is 8.42 Å². The number of hydrogen-bond donors (Lipinski definition) is 1. The van der Waals surface area contributed by atoms with Crippen molar-refractivity contribution in [1.82, 2.24) is 0 Å². The lowest BCUT2D eigenvalue weighted by molar-refractivity contribution is 0.483. The predicted octanol–water partition coefficient (Wildman–Crippen LogP) is 2.65. The van der Waals surface area contributed by atoms with E-state index in [0.717, 1.165) is 17.3 Å². The number of rotatable bonds is 3. The molecule has 1 aromatic carbocycles. The predicted molar refractivity (Wildman–Crippen MR) is 69.4 cm³/mol. The second kappa shape index (κ2) is 4.44. The van der Waals surface area contributed by atoms with E-state index >= 15 is 0 Å². The summed E-state index contributed by atoms with van der Waals surface area (Å²) in [5, 5.41) is 0. The molecular weight excluding hydrogens is 243 g/mol. The Hall–Kier alpha value is -0.440. The van der Waals surface area contributed by atoms with E-state index in [4.69, 9.17) is 4.55 Å². The van der Waals surface area contributed by atoms with Crippen LogP contribution in [0.1, 0.15) is 11.1 Å². The highest BCUT2D eigenvalue weighted by molar-refractivity contribution is 7.85. The molecule has 0 aliphatic heterocycles. The Bertz CT molecular complexity index is 486. The van der Waals surface area contributed by atoms with Crippen LogP contribution in [0.25, 0.3) is 0 Å². The third-order valence-corrected chi connectivity index (χ3v) is 4.40. The van der Waals surface area contributed by atoms with Gasteiger partial charge in [0.15, 0.2) is 0 Å². The third kappa shape index (κ3) is 3.85. The van der Waals surface area contributed by atoms with Gasteiger partial charge >= 0.3 is 0 Å². The van der Waals surface area contributed by atoms with Crippen LogP contribution < -0.4 is 0 Å². The molecule has 0 bridgehead atoms. The summed E-state index contributed by atoms with van der Waals surface area (Å²) in [4.78, 5) is -0.0125. The molecular formula is C11H18O3PS+. The summed E-state index contributed by atoms with van der Waals surface area (Å²) < 4.78 is 31.0. The van der Waals surface area contributed by atoms with Gasteiger partial charge in [-0.3, -0.25) is 4.55 Å². The lowest BCUT2D eigenvalue weighted by atomic mass is 10.1. The van der Waals surface area contributed by atoms with Crippen molar-refractivity contribution >= 4 is 17.4 Å². The zero-order valence-corrected chi connectivity index (χ0v) is 11.8. The first-order valence-corrected chi connectivity index (χ1v) is 9.73. The van der Waals surface area contributed by atoms with Crippen LogP contribution in [0.5, 0.6) is 0 Å². The molecule has 5 heteroatoms. The van der Waals surface area contributed by atoms with Gasteiger partial charge in [-0.15, -0.1) is 0 Å². The van der Waals surface area contributed by atoms with Crippen molar-refractivity contribution in [3.05, 3.63) is 29.3 Å². The van der Waals surface area contributed by atoms with E-state index in [0.29, 0.717) is 0 Å². The van der Waals surface area contributed by atoms with Crippen LogP contribution in [0, 0.1) is 6.92 Å². The summed E-state index contributed by atoms with van der Waals surface area (Å²) >= 11 is 0. The smallest absolute Gasteiger partial charge is 0.282 e. The molecule has 0 saturated carbocycles. The van der Waals surface area contributed by atoms with Crippen molar-refractivity contribution in [1.29, 1.82) is 0 Å². The molecule has 0 aliphatic carbocycles. The van der Waals surface area contributed by atoms with E-state index in [1.54, 1.807) is 12.1 Å². The Balaban J connectivity index is 3.20. The van der Waals surface area contributed by atoms with Gasteiger partial charge in [0.25, 0.3) is 10.1 Å². The summed E-state index contributed by atoms with van der Waals surface area (Å²) in [6, 6.07) is 4.76. The Morgan fingerprint density at radius 2 is 1.81 bits per heavy atom. The minimum Gasteiger partial charge on any atom is -0.282 e. The highest BCUT2D eigenvalue weighted by atomic mass is 32.2. The summed E-state index contributed by atoms with van der Waals surface area (Å²) in [6.07, 6.45) is 0.891. The Morgan fingerprint density at radius 1 is 1.25 bits per heavy atom. The van der Waals surface area contributed by atoms with Gasteiger partial charge in [-0.25, -0.2) is 0 Å². The van der Waals surface area contributed by atoms with Crippen molar-refractivity contribution in [3.8, 4) is 0 Å². The van der Waals surface area contributed by atoms with Crippen molar-refractivity contribution in [2.75, 3.05) is 20.0 Å². The summed E-state index contributed by atoms with van der Waals surface area (Å²) in [5.74, 6) is 0. The average molecular weight is 261 g/mol. The van der Waals surface area contributed by atoms with E-state index in [1.165, 1.54) is 6.07 Å². The van der Waals surface area contributed by atoms with Gasteiger partial charge < -0.3 is 0 Å². The largest absolute Gasteiger partial charge is 0.294 e. The van der Waals surface area contributed by atoms with Crippen LogP contribution >= 0.6 is 7.26 Å². The van der Waals surface area contributed by atoms with Crippen molar-refractivity contribution < 1.29 is 13.0 Å². The lowest BCUT2D eigenvalue weighted by Gasteiger charge is -2.14. The number of aryl methyl sites for hydroxylation is 1. The fourth-order valence-electron chi connectivity index (χ4n) is 1.49. The molecule has 1 N–H and O–H groups in total. The van der Waals surface area contributed by atoms with Crippen LogP contribution in [0.4, 0.5) is 0 Å². The Labute approximate surface area is 98.0 Å². The minimum atomic E-state index is -4.09. The molecule has 0 amide bonds. The van der Waals surface area contributed by atoms with Crippen LogP contribution in [-0.4, -0.2) is 33.0 Å². The molecule has 0 spiro atoms. The van der Waals surface area contributed by atoms with E-state index in [-0.39, 0.29) is 4.90 Å². The second-order valence-corrected chi connectivity index (χ2v) is 11.3. The normalized spacial score (nSPS) is 12.8. The first-order valence-electron chi connectivity index (χ1n) is 4.97. The fourth-order valence-corrected chi connectivity index (χ4v) is 3.38. The Kier molecular flexibility index (Phi) is 3.78. The molecule has 16 heavy (non-hydrogen) atoms. The fraction of sp³-hybridized carbons (Fsp3) is 0.455. The zero-order valence-electron chi connectivity index (χ0n) is 10.1. The number of benzene rings is 1. The monoisotopic (exact) mass is 261 g/mol. The minimum absolute atomic E-state index is 0.0125. The second-order valence-electron chi connectivity index (χ2n) is 5.01. The summed E-state index contributed by atoms with van der Waals surface area (Å²) in [5.41, 5.74) is 2.08. The third-order valence-electron chi connectivity index (χ3n) is 2.26. The molecule has 0 saturated heterocycles. The quantitative estimate of drug-likeness (QED) is 0.672. The van der Waals surface area contributed by atoms with Crippen molar-refractivity contribution in [2.45, 2.75) is 18.0 Å². The highest BCUT2D eigenvalue weighted by Gasteiger charge is 2.20. The van der Waals surface area contributed by atoms with Crippen LogP contribution in [0.3, 0.4) is 0 Å². The molecule has 0 fully saturated rings. The summed E-state index contributed by atoms with van der Waals surface area (Å²) in [6.45, 7) is 8.56. The van der Waals surface area contributed by atoms with Crippen molar-refractivity contribution in [2.24, 2.45) is 0 Å². The lowest BCUT2D eigenvalue weighted by Crippen LogP contribution is -2.01. The van der Waals surface area contributed by atoms with Gasteiger partial charge in [0.05, 0.1) is 11.1 Å². The average Bonchev–Trinajstić information content (AvgIpc) is 2.04. The summed E-state index contributed by atoms with van der Waals surface area (Å²) in [7, 11) is -5.10. The number of hydrogen-bond acceptors (Lipinski definition) is 2. The zero-order chi connectivity index (χ0) is 12.6. The molecule has 1 aromatic rings. The first kappa shape index (κ1) is 13.6. The van der Waals surface area contributed by atoms with Gasteiger partial charge in [0.2, 0.25) is 0 Å². The molecule has 0 aromatic heterocycles. The molecule has 90 valence electrons. The highest BCUT2D eigenvalue weighted by Crippen LogP contribution is 2.50. The van der Waals surface area contributed by atoms with Gasteiger partial charge in [-0.05, 0) is 30.2 Å². The molecule has 0 heterocycles. The van der Waals surface area contributed by atoms with E-state index < -0.39 is 17.4 Å². The molecule has 0 radical (unpaired) electrons. The van der Waals surface area contributed by atoms with Gasteiger partial charge in [0.1, 0.15) is 0 Å². The molecule has 0 aliphatic rings. The van der Waals surface area contributed by atoms with Crippen LogP contribution in [0.2, 0.25) is 0 Å². The first-order chi connectivity index (χ1) is 7.09. The van der Waals surface area contributed by atoms with E-state index in [1.807, 2.05) is 6.92 Å². The van der Waals surface area contributed by atoms with Gasteiger partial charge in [-0.2, -0.15) is 8.42 Å². The maximum Gasteiger partial charge on any atom is 0.294 e. The van der Waals surface area contributed by atoms with Crippen molar-refractivity contribution in [3.63, 3.8) is 0 Å². The van der Waals surface area contributed by atoms with Crippen LogP contribution in [-0.2, 0) is 16.3 Å². The molecule has 0 atom stereocenters. The molecule has 1 rings (SSSR count). The van der Waals surface area contributed by atoms with Crippen LogP contribution in [0.15, 0.2) is 23.1 Å². The SMILES string of the molecule is Cc1ccc(S(=O)(=O)O)cc1C[P+](C)(C)C. The maximum absolute atomic E-state index is 11.0. The standard InChI is InChI=1S/C11H17O3PS/c1-9-5-6-11(16(12,13)14)7-10(9)8-15(2,3)4/h5-7H,8H2,1-4H3/p+1. The van der Waals surface area contributed by atoms with Gasteiger partial charge in [0, 0.05) is 27.3 Å².